The first-order valence-corrected chi connectivity index (χ1v) is 4.85. The zero-order valence-electron chi connectivity index (χ0n) is 9.28. The van der Waals surface area contributed by atoms with Gasteiger partial charge in [-0.15, -0.1) is 0 Å². The van der Waals surface area contributed by atoms with Crippen molar-refractivity contribution in [2.75, 3.05) is 14.2 Å². The van der Waals surface area contributed by atoms with Crippen LogP contribution in [0.5, 0.6) is 17.2 Å². The lowest BCUT2D eigenvalue weighted by Crippen LogP contribution is -2.09. The summed E-state index contributed by atoms with van der Waals surface area (Å²) in [4.78, 5) is 0. The van der Waals surface area contributed by atoms with Crippen LogP contribution >= 0.6 is 0 Å². The quantitative estimate of drug-likeness (QED) is 0.797. The monoisotopic (exact) mass is 211 g/mol. The zero-order valence-corrected chi connectivity index (χ0v) is 9.28. The van der Waals surface area contributed by atoms with Crippen LogP contribution in [-0.4, -0.2) is 19.3 Å². The lowest BCUT2D eigenvalue weighted by Gasteiger charge is -2.16. The van der Waals surface area contributed by atoms with Gasteiger partial charge in [0.25, 0.3) is 0 Å². The largest absolute Gasteiger partial charge is 0.504 e. The number of phenolic OH excluding ortho intramolecular Hbond substituents is 1. The molecule has 4 nitrogen and oxygen atoms in total. The Bertz CT molecular complexity index is 339. The molecule has 0 saturated heterocycles. The van der Waals surface area contributed by atoms with E-state index in [2.05, 4.69) is 0 Å². The fourth-order valence-electron chi connectivity index (χ4n) is 1.45. The van der Waals surface area contributed by atoms with Gasteiger partial charge in [0.05, 0.1) is 14.2 Å². The average Bonchev–Trinajstić information content (AvgIpc) is 2.27. The number of hydrogen-bond acceptors (Lipinski definition) is 4. The first-order chi connectivity index (χ1) is 7.15. The van der Waals surface area contributed by atoms with Crippen LogP contribution in [0.1, 0.15) is 24.9 Å². The molecule has 0 heterocycles. The van der Waals surface area contributed by atoms with E-state index < -0.39 is 0 Å². The molecule has 0 fully saturated rings. The molecule has 0 amide bonds. The smallest absolute Gasteiger partial charge is 0.203 e. The molecule has 0 unspecified atom stereocenters. The number of benzene rings is 1. The third-order valence-corrected chi connectivity index (χ3v) is 2.39. The first-order valence-electron chi connectivity index (χ1n) is 4.85. The molecule has 3 N–H and O–H groups in total. The highest BCUT2D eigenvalue weighted by molar-refractivity contribution is 5.55. The second-order valence-electron chi connectivity index (χ2n) is 3.25. The van der Waals surface area contributed by atoms with E-state index in [1.165, 1.54) is 14.2 Å². The topological polar surface area (TPSA) is 64.7 Å². The number of methoxy groups -OCH3 is 2. The summed E-state index contributed by atoms with van der Waals surface area (Å²) in [5, 5.41) is 9.92. The van der Waals surface area contributed by atoms with Gasteiger partial charge in [0.1, 0.15) is 0 Å². The van der Waals surface area contributed by atoms with Crippen LogP contribution < -0.4 is 15.2 Å². The minimum absolute atomic E-state index is 0.0613. The molecule has 0 bridgehead atoms. The van der Waals surface area contributed by atoms with Gasteiger partial charge in [-0.3, -0.25) is 0 Å². The molecule has 0 saturated carbocycles. The standard InChI is InChI=1S/C11H17NO3/c1-4-8(12)7-5-6-9(14-2)11(15-3)10(7)13/h5-6,8,13H,4,12H2,1-3H3/t8-/m1/s1. The summed E-state index contributed by atoms with van der Waals surface area (Å²) in [6, 6.07) is 3.30. The van der Waals surface area contributed by atoms with E-state index in [0.29, 0.717) is 17.1 Å². The molecule has 0 spiro atoms. The molecule has 1 rings (SSSR count). The maximum atomic E-state index is 9.92. The summed E-state index contributed by atoms with van der Waals surface area (Å²) >= 11 is 0. The Morgan fingerprint density at radius 2 is 2.00 bits per heavy atom. The molecule has 0 radical (unpaired) electrons. The fourth-order valence-corrected chi connectivity index (χ4v) is 1.45. The van der Waals surface area contributed by atoms with Gasteiger partial charge in [-0.1, -0.05) is 6.92 Å². The highest BCUT2D eigenvalue weighted by Gasteiger charge is 2.17. The van der Waals surface area contributed by atoms with E-state index in [9.17, 15) is 5.11 Å². The summed E-state index contributed by atoms with van der Waals surface area (Å²) < 4.78 is 10.1. The summed E-state index contributed by atoms with van der Waals surface area (Å²) in [6.07, 6.45) is 0.753. The molecular weight excluding hydrogens is 194 g/mol. The molecule has 1 atom stereocenters. The Labute approximate surface area is 89.6 Å². The number of ether oxygens (including phenoxy) is 2. The maximum Gasteiger partial charge on any atom is 0.203 e. The average molecular weight is 211 g/mol. The lowest BCUT2D eigenvalue weighted by atomic mass is 10.0. The van der Waals surface area contributed by atoms with Crippen LogP contribution in [0.4, 0.5) is 0 Å². The van der Waals surface area contributed by atoms with E-state index in [0.717, 1.165) is 6.42 Å². The van der Waals surface area contributed by atoms with Crippen molar-refractivity contribution in [1.82, 2.24) is 0 Å². The van der Waals surface area contributed by atoms with Gasteiger partial charge in [0.2, 0.25) is 5.75 Å². The van der Waals surface area contributed by atoms with Crippen LogP contribution in [0, 0.1) is 0 Å². The highest BCUT2D eigenvalue weighted by Crippen LogP contribution is 2.41. The fraction of sp³-hybridized carbons (Fsp3) is 0.455. The normalized spacial score (nSPS) is 12.3. The first kappa shape index (κ1) is 11.7. The number of phenols is 1. The SMILES string of the molecule is CC[C@@H](N)c1ccc(OC)c(OC)c1O. The van der Waals surface area contributed by atoms with Crippen molar-refractivity contribution in [2.45, 2.75) is 19.4 Å². The number of hydrogen-bond donors (Lipinski definition) is 2. The van der Waals surface area contributed by atoms with E-state index in [1.54, 1.807) is 12.1 Å². The lowest BCUT2D eigenvalue weighted by molar-refractivity contribution is 0.330. The van der Waals surface area contributed by atoms with Gasteiger partial charge >= 0.3 is 0 Å². The van der Waals surface area contributed by atoms with Gasteiger partial charge in [-0.2, -0.15) is 0 Å². The molecule has 0 aliphatic carbocycles. The Hall–Kier alpha value is -1.42. The molecule has 1 aromatic carbocycles. The molecule has 84 valence electrons. The van der Waals surface area contributed by atoms with Gasteiger partial charge in [0.15, 0.2) is 11.5 Å². The third kappa shape index (κ3) is 2.15. The van der Waals surface area contributed by atoms with Crippen molar-refractivity contribution < 1.29 is 14.6 Å². The predicted octanol–water partition coefficient (Wildman–Crippen LogP) is 1.82. The second-order valence-corrected chi connectivity index (χ2v) is 3.25. The Morgan fingerprint density at radius 1 is 1.33 bits per heavy atom. The summed E-state index contributed by atoms with van der Waals surface area (Å²) in [6.45, 7) is 1.96. The van der Waals surface area contributed by atoms with Crippen LogP contribution in [0.3, 0.4) is 0 Å². The van der Waals surface area contributed by atoms with Crippen molar-refractivity contribution in [3.8, 4) is 17.2 Å². The van der Waals surface area contributed by atoms with Crippen molar-refractivity contribution in [3.63, 3.8) is 0 Å². The molecule has 1 aromatic rings. The summed E-state index contributed by atoms with van der Waals surface area (Å²) in [5.41, 5.74) is 6.53. The molecule has 15 heavy (non-hydrogen) atoms. The van der Waals surface area contributed by atoms with Crippen LogP contribution in [0.15, 0.2) is 12.1 Å². The Balaban J connectivity index is 3.22. The van der Waals surface area contributed by atoms with Crippen LogP contribution in [0.25, 0.3) is 0 Å². The van der Waals surface area contributed by atoms with Gasteiger partial charge in [-0.05, 0) is 18.6 Å². The highest BCUT2D eigenvalue weighted by atomic mass is 16.5. The summed E-state index contributed by atoms with van der Waals surface area (Å²) in [5.74, 6) is 0.896. The van der Waals surface area contributed by atoms with Crippen molar-refractivity contribution >= 4 is 0 Å². The Kier molecular flexibility index (Phi) is 3.80. The van der Waals surface area contributed by atoms with E-state index in [-0.39, 0.29) is 11.8 Å². The maximum absolute atomic E-state index is 9.92. The molecular formula is C11H17NO3. The van der Waals surface area contributed by atoms with Crippen LogP contribution in [-0.2, 0) is 0 Å². The number of rotatable bonds is 4. The van der Waals surface area contributed by atoms with E-state index >= 15 is 0 Å². The number of nitrogens with two attached hydrogens (primary N) is 1. The minimum Gasteiger partial charge on any atom is -0.504 e. The van der Waals surface area contributed by atoms with Gasteiger partial charge < -0.3 is 20.3 Å². The number of aromatic hydroxyl groups is 1. The van der Waals surface area contributed by atoms with Crippen molar-refractivity contribution in [1.29, 1.82) is 0 Å². The summed E-state index contributed by atoms with van der Waals surface area (Å²) in [7, 11) is 3.01. The molecule has 4 heteroatoms. The van der Waals surface area contributed by atoms with E-state index in [4.69, 9.17) is 15.2 Å². The van der Waals surface area contributed by atoms with Gasteiger partial charge in [0, 0.05) is 11.6 Å². The van der Waals surface area contributed by atoms with E-state index in [1.807, 2.05) is 6.92 Å². The van der Waals surface area contributed by atoms with Crippen LogP contribution in [0.2, 0.25) is 0 Å². The minimum atomic E-state index is -0.190. The Morgan fingerprint density at radius 3 is 2.47 bits per heavy atom. The molecule has 0 aliphatic heterocycles. The van der Waals surface area contributed by atoms with Crippen molar-refractivity contribution in [2.24, 2.45) is 5.73 Å². The van der Waals surface area contributed by atoms with Crippen molar-refractivity contribution in [3.05, 3.63) is 17.7 Å². The molecule has 0 aromatic heterocycles. The third-order valence-electron chi connectivity index (χ3n) is 2.39. The predicted molar refractivity (Wildman–Crippen MR) is 58.4 cm³/mol. The second kappa shape index (κ2) is 4.89. The zero-order chi connectivity index (χ0) is 11.4. The van der Waals surface area contributed by atoms with Gasteiger partial charge in [-0.25, -0.2) is 0 Å². The molecule has 0 aliphatic rings.